The topological polar surface area (TPSA) is 54.0 Å². The van der Waals surface area contributed by atoms with Crippen molar-refractivity contribution in [2.45, 2.75) is 26.8 Å². The molecule has 1 rings (SSSR count). The Labute approximate surface area is 103 Å². The van der Waals surface area contributed by atoms with E-state index in [1.807, 2.05) is 39.0 Å². The molecule has 0 aliphatic heterocycles. The predicted molar refractivity (Wildman–Crippen MR) is 68.5 cm³/mol. The first kappa shape index (κ1) is 13.6. The Balaban J connectivity index is 2.46. The van der Waals surface area contributed by atoms with E-state index in [0.29, 0.717) is 6.54 Å². The summed E-state index contributed by atoms with van der Waals surface area (Å²) in [5, 5.41) is 6.13. The first-order valence-electron chi connectivity index (χ1n) is 6.07. The Morgan fingerprint density at radius 3 is 2.76 bits per heavy atom. The first-order valence-corrected chi connectivity index (χ1v) is 6.07. The van der Waals surface area contributed by atoms with Gasteiger partial charge in [0.2, 0.25) is 5.91 Å². The van der Waals surface area contributed by atoms with Crippen molar-refractivity contribution < 1.29 is 4.79 Å². The van der Waals surface area contributed by atoms with Gasteiger partial charge >= 0.3 is 0 Å². The number of hydrogen-bond acceptors (Lipinski definition) is 3. The largest absolute Gasteiger partial charge is 0.348 e. The molecule has 0 fully saturated rings. The normalized spacial score (nSPS) is 14.1. The average molecular weight is 235 g/mol. The van der Waals surface area contributed by atoms with Gasteiger partial charge in [0.25, 0.3) is 0 Å². The molecular formula is C13H21N3O. The minimum atomic E-state index is -0.0484. The summed E-state index contributed by atoms with van der Waals surface area (Å²) in [5.74, 6) is 0.0326. The Morgan fingerprint density at radius 2 is 2.18 bits per heavy atom. The van der Waals surface area contributed by atoms with E-state index >= 15 is 0 Å². The molecule has 0 bridgehead atoms. The highest BCUT2D eigenvalue weighted by Gasteiger charge is 2.15. The van der Waals surface area contributed by atoms with Crippen LogP contribution in [0.4, 0.5) is 0 Å². The number of rotatable bonds is 6. The maximum Gasteiger partial charge on any atom is 0.224 e. The maximum atomic E-state index is 11.9. The fourth-order valence-corrected chi connectivity index (χ4v) is 1.52. The molecular weight excluding hydrogens is 214 g/mol. The number of pyridine rings is 1. The monoisotopic (exact) mass is 235 g/mol. The molecule has 2 N–H and O–H groups in total. The van der Waals surface area contributed by atoms with Gasteiger partial charge in [-0.25, -0.2) is 0 Å². The van der Waals surface area contributed by atoms with E-state index in [1.54, 1.807) is 6.20 Å². The summed E-state index contributed by atoms with van der Waals surface area (Å²) in [6, 6.07) is 5.66. The van der Waals surface area contributed by atoms with Crippen molar-refractivity contribution in [1.82, 2.24) is 15.6 Å². The van der Waals surface area contributed by atoms with Gasteiger partial charge in [-0.1, -0.05) is 19.9 Å². The van der Waals surface area contributed by atoms with E-state index in [-0.39, 0.29) is 17.9 Å². The number of nitrogens with zero attached hydrogens (tertiary/aromatic N) is 1. The molecule has 0 spiro atoms. The van der Waals surface area contributed by atoms with Crippen LogP contribution in [0.25, 0.3) is 0 Å². The SMILES string of the molecule is CCNCC(C)C(=O)NC(C)c1ccccn1. The van der Waals surface area contributed by atoms with E-state index in [4.69, 9.17) is 0 Å². The molecule has 0 aliphatic rings. The zero-order valence-electron chi connectivity index (χ0n) is 10.7. The molecule has 2 unspecified atom stereocenters. The van der Waals surface area contributed by atoms with Crippen LogP contribution in [-0.4, -0.2) is 24.0 Å². The second-order valence-electron chi connectivity index (χ2n) is 4.19. The molecule has 0 saturated carbocycles. The molecule has 4 heteroatoms. The summed E-state index contributed by atoms with van der Waals surface area (Å²) in [6.45, 7) is 7.48. The Morgan fingerprint density at radius 1 is 1.41 bits per heavy atom. The highest BCUT2D eigenvalue weighted by atomic mass is 16.1. The molecule has 2 atom stereocenters. The third-order valence-electron chi connectivity index (χ3n) is 2.64. The van der Waals surface area contributed by atoms with Crippen LogP contribution in [-0.2, 0) is 4.79 Å². The lowest BCUT2D eigenvalue weighted by Gasteiger charge is -2.17. The molecule has 17 heavy (non-hydrogen) atoms. The Hall–Kier alpha value is -1.42. The van der Waals surface area contributed by atoms with Gasteiger partial charge in [0.15, 0.2) is 0 Å². The summed E-state index contributed by atoms with van der Waals surface area (Å²) in [7, 11) is 0. The Kier molecular flexibility index (Phi) is 5.63. The van der Waals surface area contributed by atoms with E-state index in [9.17, 15) is 4.79 Å². The molecule has 0 saturated heterocycles. The lowest BCUT2D eigenvalue weighted by atomic mass is 10.1. The van der Waals surface area contributed by atoms with Crippen LogP contribution in [0.2, 0.25) is 0 Å². The maximum absolute atomic E-state index is 11.9. The van der Waals surface area contributed by atoms with Crippen LogP contribution in [0, 0.1) is 5.92 Å². The van der Waals surface area contributed by atoms with Crippen molar-refractivity contribution in [2.24, 2.45) is 5.92 Å². The standard InChI is InChI=1S/C13H21N3O/c1-4-14-9-10(2)13(17)16-11(3)12-7-5-6-8-15-12/h5-8,10-11,14H,4,9H2,1-3H3,(H,16,17). The number of carbonyl (C=O) groups is 1. The second-order valence-corrected chi connectivity index (χ2v) is 4.19. The smallest absolute Gasteiger partial charge is 0.224 e. The molecule has 0 radical (unpaired) electrons. The van der Waals surface area contributed by atoms with Crippen LogP contribution < -0.4 is 10.6 Å². The lowest BCUT2D eigenvalue weighted by molar-refractivity contribution is -0.125. The van der Waals surface area contributed by atoms with Crippen LogP contribution >= 0.6 is 0 Å². The average Bonchev–Trinajstić information content (AvgIpc) is 2.36. The van der Waals surface area contributed by atoms with Crippen molar-refractivity contribution in [3.8, 4) is 0 Å². The zero-order valence-corrected chi connectivity index (χ0v) is 10.7. The number of aromatic nitrogens is 1. The second kappa shape index (κ2) is 7.01. The van der Waals surface area contributed by atoms with Crippen LogP contribution in [0.3, 0.4) is 0 Å². The number of carbonyl (C=O) groups excluding carboxylic acids is 1. The number of amides is 1. The molecule has 0 aliphatic carbocycles. The quantitative estimate of drug-likeness (QED) is 0.785. The van der Waals surface area contributed by atoms with Crippen LogP contribution in [0.5, 0.6) is 0 Å². The van der Waals surface area contributed by atoms with Gasteiger partial charge in [-0.15, -0.1) is 0 Å². The predicted octanol–water partition coefficient (Wildman–Crippen LogP) is 1.50. The number of nitrogens with one attached hydrogen (secondary N) is 2. The molecule has 4 nitrogen and oxygen atoms in total. The zero-order chi connectivity index (χ0) is 12.7. The van der Waals surface area contributed by atoms with Gasteiger partial charge in [0.1, 0.15) is 0 Å². The van der Waals surface area contributed by atoms with E-state index in [1.165, 1.54) is 0 Å². The minimum Gasteiger partial charge on any atom is -0.348 e. The van der Waals surface area contributed by atoms with Gasteiger partial charge in [0, 0.05) is 18.7 Å². The summed E-state index contributed by atoms with van der Waals surface area (Å²) in [5.41, 5.74) is 0.886. The number of hydrogen-bond donors (Lipinski definition) is 2. The summed E-state index contributed by atoms with van der Waals surface area (Å²) in [4.78, 5) is 16.1. The van der Waals surface area contributed by atoms with Crippen molar-refractivity contribution >= 4 is 5.91 Å². The minimum absolute atomic E-state index is 0.0267. The first-order chi connectivity index (χ1) is 8.15. The van der Waals surface area contributed by atoms with Gasteiger partial charge in [-0.3, -0.25) is 9.78 Å². The third-order valence-corrected chi connectivity index (χ3v) is 2.64. The summed E-state index contributed by atoms with van der Waals surface area (Å²) in [6.07, 6.45) is 1.74. The van der Waals surface area contributed by atoms with Crippen molar-refractivity contribution in [2.75, 3.05) is 13.1 Å². The summed E-state index contributed by atoms with van der Waals surface area (Å²) >= 11 is 0. The van der Waals surface area contributed by atoms with Crippen LogP contribution in [0.1, 0.15) is 32.5 Å². The Bertz CT molecular complexity index is 340. The van der Waals surface area contributed by atoms with Crippen molar-refractivity contribution in [1.29, 1.82) is 0 Å². The molecule has 1 amide bonds. The van der Waals surface area contributed by atoms with Crippen LogP contribution in [0.15, 0.2) is 24.4 Å². The van der Waals surface area contributed by atoms with Gasteiger partial charge in [0.05, 0.1) is 11.7 Å². The van der Waals surface area contributed by atoms with Gasteiger partial charge < -0.3 is 10.6 Å². The van der Waals surface area contributed by atoms with Gasteiger partial charge in [-0.05, 0) is 25.6 Å². The summed E-state index contributed by atoms with van der Waals surface area (Å²) < 4.78 is 0. The van der Waals surface area contributed by atoms with E-state index in [0.717, 1.165) is 12.2 Å². The lowest BCUT2D eigenvalue weighted by Crippen LogP contribution is -2.36. The van der Waals surface area contributed by atoms with Gasteiger partial charge in [-0.2, -0.15) is 0 Å². The van der Waals surface area contributed by atoms with Crippen molar-refractivity contribution in [3.05, 3.63) is 30.1 Å². The molecule has 1 aromatic rings. The highest BCUT2D eigenvalue weighted by Crippen LogP contribution is 2.08. The molecule has 94 valence electrons. The van der Waals surface area contributed by atoms with E-state index in [2.05, 4.69) is 15.6 Å². The molecule has 0 aromatic carbocycles. The highest BCUT2D eigenvalue weighted by molar-refractivity contribution is 5.78. The fraction of sp³-hybridized carbons (Fsp3) is 0.538. The van der Waals surface area contributed by atoms with E-state index < -0.39 is 0 Å². The fourth-order valence-electron chi connectivity index (χ4n) is 1.52. The third kappa shape index (κ3) is 4.53. The molecule has 1 heterocycles. The van der Waals surface area contributed by atoms with Crippen molar-refractivity contribution in [3.63, 3.8) is 0 Å². The molecule has 1 aromatic heterocycles.